The van der Waals surface area contributed by atoms with Gasteiger partial charge in [-0.25, -0.2) is 0 Å². The van der Waals surface area contributed by atoms with Crippen molar-refractivity contribution < 1.29 is 23.9 Å². The number of morpholine rings is 1. The summed E-state index contributed by atoms with van der Waals surface area (Å²) in [7, 11) is 0. The summed E-state index contributed by atoms with van der Waals surface area (Å²) in [6, 6.07) is 21.9. The highest BCUT2D eigenvalue weighted by Gasteiger charge is 2.44. The van der Waals surface area contributed by atoms with E-state index in [4.69, 9.17) is 32.7 Å². The Bertz CT molecular complexity index is 1350. The largest absolute Gasteiger partial charge is 0.466 e. The third-order valence-electron chi connectivity index (χ3n) is 6.94. The summed E-state index contributed by atoms with van der Waals surface area (Å²) in [5.74, 6) is -0.915. The number of rotatable bonds is 11. The van der Waals surface area contributed by atoms with Gasteiger partial charge in [0.05, 0.1) is 12.6 Å². The van der Waals surface area contributed by atoms with Gasteiger partial charge in [0.2, 0.25) is 5.91 Å². The third-order valence-corrected chi connectivity index (χ3v) is 7.45. The quantitative estimate of drug-likeness (QED) is 0.163. The van der Waals surface area contributed by atoms with Crippen LogP contribution in [0.1, 0.15) is 88.3 Å². The van der Waals surface area contributed by atoms with E-state index in [0.717, 1.165) is 22.3 Å². The molecule has 3 aromatic carbocycles. The molecule has 1 fully saturated rings. The minimum Gasteiger partial charge on any atom is -0.466 e. The lowest BCUT2D eigenvalue weighted by atomic mass is 9.90. The minimum absolute atomic E-state index is 0.177. The van der Waals surface area contributed by atoms with Crippen LogP contribution in [-0.2, 0) is 30.3 Å². The average Bonchev–Trinajstić information content (AvgIpc) is 3.05. The molecule has 2 amide bonds. The molecular formula is C37H48Cl2N2O5. The molecule has 0 bridgehead atoms. The Morgan fingerprint density at radius 2 is 1.41 bits per heavy atom. The normalized spacial score (nSPS) is 17.2. The zero-order valence-corrected chi connectivity index (χ0v) is 29.4. The first-order valence-electron chi connectivity index (χ1n) is 16.1. The Morgan fingerprint density at radius 1 is 0.870 bits per heavy atom. The fraction of sp³-hybridized carbons (Fsp3) is 0.432. The van der Waals surface area contributed by atoms with Crippen molar-refractivity contribution in [3.63, 3.8) is 0 Å². The van der Waals surface area contributed by atoms with Crippen LogP contribution >= 0.6 is 23.2 Å². The van der Waals surface area contributed by atoms with Crippen LogP contribution in [0.3, 0.4) is 0 Å². The standard InChI is InChI=1S/C32H34Cl2N2O5.C3H8.C2H6/c1-3-40-29(38)5-4-18-35-28(37)20-36-30(23-10-14-25(33)15-11-23)31(24-12-16-26(34)17-13-24)41-27(32(36)39)19-22-8-6-21(2)7-9-22;1-3-2;1-2/h6-17,27,30-31H,3-5,18-20H2,1-2H3,(H,35,37);3H2,1-2H3;1-2H3/t27-,30?,31?;;/m0../s1. The Morgan fingerprint density at radius 3 is 1.96 bits per heavy atom. The molecule has 0 radical (unpaired) electrons. The molecule has 1 heterocycles. The first-order valence-corrected chi connectivity index (χ1v) is 16.9. The molecule has 0 aromatic heterocycles. The molecule has 1 aliphatic heterocycles. The van der Waals surface area contributed by atoms with Gasteiger partial charge in [-0.05, 0) is 61.2 Å². The second kappa shape index (κ2) is 20.7. The maximum Gasteiger partial charge on any atom is 0.305 e. The molecule has 7 nitrogen and oxygen atoms in total. The van der Waals surface area contributed by atoms with E-state index >= 15 is 0 Å². The first kappa shape index (κ1) is 38.8. The zero-order chi connectivity index (χ0) is 34.1. The predicted molar refractivity (Wildman–Crippen MR) is 186 cm³/mol. The molecule has 46 heavy (non-hydrogen) atoms. The average molecular weight is 672 g/mol. The van der Waals surface area contributed by atoms with Crippen molar-refractivity contribution in [1.29, 1.82) is 0 Å². The van der Waals surface area contributed by atoms with Crippen molar-refractivity contribution >= 4 is 41.0 Å². The van der Waals surface area contributed by atoms with Gasteiger partial charge >= 0.3 is 5.97 Å². The highest BCUT2D eigenvalue weighted by molar-refractivity contribution is 6.30. The van der Waals surface area contributed by atoms with Crippen LogP contribution in [0, 0.1) is 6.92 Å². The number of aryl methyl sites for hydroxylation is 1. The van der Waals surface area contributed by atoms with Crippen molar-refractivity contribution in [2.24, 2.45) is 0 Å². The molecule has 0 spiro atoms. The number of hydrogen-bond donors (Lipinski definition) is 1. The fourth-order valence-electron chi connectivity index (χ4n) is 4.88. The maximum atomic E-state index is 14.0. The number of nitrogens with one attached hydrogen (secondary N) is 1. The summed E-state index contributed by atoms with van der Waals surface area (Å²) in [6.45, 7) is 12.4. The number of esters is 1. The van der Waals surface area contributed by atoms with Crippen LogP contribution in [0.15, 0.2) is 72.8 Å². The molecular weight excluding hydrogens is 623 g/mol. The number of carbonyl (C=O) groups excluding carboxylic acids is 3. The van der Waals surface area contributed by atoms with Gasteiger partial charge in [-0.2, -0.15) is 0 Å². The van der Waals surface area contributed by atoms with E-state index in [2.05, 4.69) is 19.2 Å². The smallest absolute Gasteiger partial charge is 0.305 e. The highest BCUT2D eigenvalue weighted by atomic mass is 35.5. The van der Waals surface area contributed by atoms with Crippen LogP contribution in [-0.4, -0.2) is 48.5 Å². The van der Waals surface area contributed by atoms with E-state index in [1.807, 2.05) is 69.3 Å². The minimum atomic E-state index is -0.807. The maximum absolute atomic E-state index is 14.0. The summed E-state index contributed by atoms with van der Waals surface area (Å²) in [5.41, 5.74) is 3.69. The van der Waals surface area contributed by atoms with Gasteiger partial charge in [0.25, 0.3) is 5.91 Å². The number of amides is 2. The van der Waals surface area contributed by atoms with Crippen LogP contribution < -0.4 is 5.32 Å². The predicted octanol–water partition coefficient (Wildman–Crippen LogP) is 8.46. The lowest BCUT2D eigenvalue weighted by molar-refractivity contribution is -0.175. The monoisotopic (exact) mass is 670 g/mol. The SMILES string of the molecule is CC.CCC.CCOC(=O)CCCNC(=O)CN1C(=O)[C@H](Cc2ccc(C)cc2)OC(c2ccc(Cl)cc2)C1c1ccc(Cl)cc1. The number of benzene rings is 3. The Labute approximate surface area is 284 Å². The molecule has 0 aliphatic carbocycles. The molecule has 9 heteroatoms. The topological polar surface area (TPSA) is 84.9 Å². The summed E-state index contributed by atoms with van der Waals surface area (Å²) in [4.78, 5) is 40.4. The van der Waals surface area contributed by atoms with Crippen molar-refractivity contribution in [2.75, 3.05) is 19.7 Å². The molecule has 3 aromatic rings. The van der Waals surface area contributed by atoms with E-state index in [1.165, 1.54) is 6.42 Å². The van der Waals surface area contributed by atoms with E-state index in [1.54, 1.807) is 36.1 Å². The molecule has 250 valence electrons. The van der Waals surface area contributed by atoms with Gasteiger partial charge in [-0.15, -0.1) is 0 Å². The molecule has 1 N–H and O–H groups in total. The summed E-state index contributed by atoms with van der Waals surface area (Å²) >= 11 is 12.4. The number of ether oxygens (including phenoxy) is 2. The lowest BCUT2D eigenvalue weighted by Crippen LogP contribution is -2.54. The van der Waals surface area contributed by atoms with Gasteiger partial charge in [-0.3, -0.25) is 14.4 Å². The Kier molecular flexibility index (Phi) is 17.4. The van der Waals surface area contributed by atoms with E-state index in [-0.39, 0.29) is 37.3 Å². The van der Waals surface area contributed by atoms with E-state index in [9.17, 15) is 14.4 Å². The Hall–Kier alpha value is -3.39. The van der Waals surface area contributed by atoms with Crippen molar-refractivity contribution in [1.82, 2.24) is 10.2 Å². The third kappa shape index (κ3) is 12.1. The second-order valence-corrected chi connectivity index (χ2v) is 11.6. The molecule has 0 saturated carbocycles. The van der Waals surface area contributed by atoms with Crippen molar-refractivity contribution in [3.05, 3.63) is 105 Å². The van der Waals surface area contributed by atoms with Gasteiger partial charge in [0.15, 0.2) is 0 Å². The summed E-state index contributed by atoms with van der Waals surface area (Å²) < 4.78 is 11.5. The summed E-state index contributed by atoms with van der Waals surface area (Å²) in [6.07, 6.45) is 0.867. The van der Waals surface area contributed by atoms with Gasteiger partial charge in [0.1, 0.15) is 18.8 Å². The lowest BCUT2D eigenvalue weighted by Gasteiger charge is -2.44. The van der Waals surface area contributed by atoms with Crippen LogP contribution in [0.2, 0.25) is 10.0 Å². The van der Waals surface area contributed by atoms with Crippen LogP contribution in [0.4, 0.5) is 0 Å². The number of hydrogen-bond acceptors (Lipinski definition) is 5. The fourth-order valence-corrected chi connectivity index (χ4v) is 5.13. The number of nitrogens with zero attached hydrogens (tertiary/aromatic N) is 1. The molecule has 1 aliphatic rings. The zero-order valence-electron chi connectivity index (χ0n) is 27.9. The molecule has 4 rings (SSSR count). The van der Waals surface area contributed by atoms with Crippen molar-refractivity contribution in [3.8, 4) is 0 Å². The van der Waals surface area contributed by atoms with Crippen molar-refractivity contribution in [2.45, 2.75) is 85.5 Å². The number of carbonyl (C=O) groups is 3. The number of halogens is 2. The van der Waals surface area contributed by atoms with E-state index in [0.29, 0.717) is 29.5 Å². The van der Waals surface area contributed by atoms with Crippen LogP contribution in [0.5, 0.6) is 0 Å². The Balaban J connectivity index is 0.00000139. The van der Waals surface area contributed by atoms with Gasteiger partial charge in [0, 0.05) is 29.4 Å². The van der Waals surface area contributed by atoms with Gasteiger partial charge < -0.3 is 19.7 Å². The van der Waals surface area contributed by atoms with E-state index < -0.39 is 18.2 Å². The summed E-state index contributed by atoms with van der Waals surface area (Å²) in [5, 5.41) is 3.98. The molecule has 3 atom stereocenters. The molecule has 2 unspecified atom stereocenters. The highest BCUT2D eigenvalue weighted by Crippen LogP contribution is 2.43. The van der Waals surface area contributed by atoms with Crippen LogP contribution in [0.25, 0.3) is 0 Å². The molecule has 1 saturated heterocycles. The first-order chi connectivity index (χ1) is 22.2. The van der Waals surface area contributed by atoms with Gasteiger partial charge in [-0.1, -0.05) is 111 Å². The second-order valence-electron chi connectivity index (χ2n) is 10.7.